The number of carbonyl (C=O) groups is 1. The molecule has 4 nitrogen and oxygen atoms in total. The maximum Gasteiger partial charge on any atom is 0.231 e. The molecule has 0 N–H and O–H groups in total. The van der Waals surface area contributed by atoms with Gasteiger partial charge in [-0.25, -0.2) is 4.98 Å². The summed E-state index contributed by atoms with van der Waals surface area (Å²) in [5.41, 5.74) is 1.80. The molecule has 0 saturated heterocycles. The summed E-state index contributed by atoms with van der Waals surface area (Å²) in [6.07, 6.45) is 0.337. The van der Waals surface area contributed by atoms with Crippen molar-refractivity contribution in [2.45, 2.75) is 13.3 Å². The van der Waals surface area contributed by atoms with Crippen molar-refractivity contribution >= 4 is 17.1 Å². The molecule has 5 heteroatoms. The van der Waals surface area contributed by atoms with E-state index in [0.717, 1.165) is 17.0 Å². The second-order valence-electron chi connectivity index (χ2n) is 4.08. The van der Waals surface area contributed by atoms with Crippen LogP contribution in [0.25, 0.3) is 0 Å². The number of fused-ring (bicyclic) bond motifs is 1. The summed E-state index contributed by atoms with van der Waals surface area (Å²) in [4.78, 5) is 16.2. The number of rotatable bonds is 3. The van der Waals surface area contributed by atoms with Gasteiger partial charge in [0, 0.05) is 17.5 Å². The second-order valence-corrected chi connectivity index (χ2v) is 4.94. The molecule has 0 saturated carbocycles. The van der Waals surface area contributed by atoms with E-state index in [0.29, 0.717) is 17.2 Å². The van der Waals surface area contributed by atoms with E-state index in [1.54, 1.807) is 0 Å². The van der Waals surface area contributed by atoms with Gasteiger partial charge in [-0.3, -0.25) is 4.79 Å². The molecule has 1 aromatic heterocycles. The molecule has 0 bridgehead atoms. The number of aromatic nitrogens is 1. The number of nitrogens with zero attached hydrogens (tertiary/aromatic N) is 1. The topological polar surface area (TPSA) is 48.4 Å². The molecule has 1 aromatic carbocycles. The molecular weight excluding hydrogens is 250 g/mol. The Bertz CT molecular complexity index is 606. The number of ketones is 1. The van der Waals surface area contributed by atoms with E-state index >= 15 is 0 Å². The highest BCUT2D eigenvalue weighted by atomic mass is 32.1. The summed E-state index contributed by atoms with van der Waals surface area (Å²) in [5.74, 6) is 1.47. The lowest BCUT2D eigenvalue weighted by Gasteiger charge is -2.01. The van der Waals surface area contributed by atoms with Crippen LogP contribution in [0, 0.1) is 6.92 Å². The molecule has 0 spiro atoms. The van der Waals surface area contributed by atoms with E-state index in [1.807, 2.05) is 30.5 Å². The highest BCUT2D eigenvalue weighted by molar-refractivity contribution is 7.11. The van der Waals surface area contributed by atoms with Crippen LogP contribution in [0.1, 0.15) is 21.1 Å². The van der Waals surface area contributed by atoms with Crippen LogP contribution in [0.15, 0.2) is 23.6 Å². The van der Waals surface area contributed by atoms with Gasteiger partial charge >= 0.3 is 0 Å². The van der Waals surface area contributed by atoms with E-state index in [2.05, 4.69) is 4.98 Å². The average Bonchev–Trinajstić information content (AvgIpc) is 2.96. The fraction of sp³-hybridized carbons (Fsp3) is 0.231. The predicted molar refractivity (Wildman–Crippen MR) is 67.5 cm³/mol. The fourth-order valence-corrected chi connectivity index (χ4v) is 2.53. The van der Waals surface area contributed by atoms with Crippen molar-refractivity contribution in [3.8, 4) is 11.5 Å². The van der Waals surface area contributed by atoms with Crippen LogP contribution in [0.5, 0.6) is 11.5 Å². The van der Waals surface area contributed by atoms with Gasteiger partial charge in [0.1, 0.15) is 0 Å². The first kappa shape index (κ1) is 11.2. The molecule has 0 amide bonds. The zero-order valence-corrected chi connectivity index (χ0v) is 10.6. The van der Waals surface area contributed by atoms with Crippen LogP contribution in [0.2, 0.25) is 0 Å². The van der Waals surface area contributed by atoms with Gasteiger partial charge in [0.25, 0.3) is 0 Å². The molecule has 0 unspecified atom stereocenters. The molecule has 0 aliphatic carbocycles. The van der Waals surface area contributed by atoms with Crippen LogP contribution in [0.4, 0.5) is 0 Å². The zero-order chi connectivity index (χ0) is 12.5. The van der Waals surface area contributed by atoms with Crippen molar-refractivity contribution in [1.29, 1.82) is 0 Å². The molecule has 0 fully saturated rings. The highest BCUT2D eigenvalue weighted by Gasteiger charge is 2.16. The Morgan fingerprint density at radius 2 is 2.22 bits per heavy atom. The maximum atomic E-state index is 12.0. The van der Waals surface area contributed by atoms with Crippen LogP contribution >= 0.6 is 11.3 Å². The van der Waals surface area contributed by atoms with Crippen molar-refractivity contribution in [2.24, 2.45) is 0 Å². The lowest BCUT2D eigenvalue weighted by Crippen LogP contribution is -2.03. The lowest BCUT2D eigenvalue weighted by molar-refractivity contribution is 0.0992. The van der Waals surface area contributed by atoms with E-state index in [9.17, 15) is 4.79 Å². The van der Waals surface area contributed by atoms with Gasteiger partial charge in [-0.2, -0.15) is 0 Å². The number of carbonyl (C=O) groups excluding carboxylic acids is 1. The SMILES string of the molecule is Cc1csc(C(=O)Cc2ccc3c(c2)OCO3)n1. The van der Waals surface area contributed by atoms with Crippen LogP contribution in [-0.2, 0) is 6.42 Å². The molecular formula is C13H11NO3S. The monoisotopic (exact) mass is 261 g/mol. The summed E-state index contributed by atoms with van der Waals surface area (Å²) >= 11 is 1.39. The van der Waals surface area contributed by atoms with Gasteiger partial charge in [0.05, 0.1) is 0 Å². The molecule has 0 radical (unpaired) electrons. The number of thiazole rings is 1. The Morgan fingerprint density at radius 1 is 1.39 bits per heavy atom. The summed E-state index contributed by atoms with van der Waals surface area (Å²) in [6.45, 7) is 2.13. The highest BCUT2D eigenvalue weighted by Crippen LogP contribution is 2.32. The molecule has 2 aromatic rings. The number of benzene rings is 1. The first-order valence-corrected chi connectivity index (χ1v) is 6.44. The predicted octanol–water partition coefficient (Wildman–Crippen LogP) is 2.61. The van der Waals surface area contributed by atoms with E-state index in [-0.39, 0.29) is 12.6 Å². The summed E-state index contributed by atoms with van der Waals surface area (Å²) < 4.78 is 10.5. The summed E-state index contributed by atoms with van der Waals surface area (Å²) in [6, 6.07) is 5.56. The minimum absolute atomic E-state index is 0.0342. The number of Topliss-reactive ketones (excluding diaryl/α,β-unsaturated/α-hetero) is 1. The lowest BCUT2D eigenvalue weighted by atomic mass is 10.1. The Morgan fingerprint density at radius 3 is 3.00 bits per heavy atom. The third-order valence-electron chi connectivity index (χ3n) is 2.66. The second kappa shape index (κ2) is 4.42. The van der Waals surface area contributed by atoms with Crippen LogP contribution in [-0.4, -0.2) is 17.6 Å². The number of hydrogen-bond acceptors (Lipinski definition) is 5. The third-order valence-corrected chi connectivity index (χ3v) is 3.66. The quantitative estimate of drug-likeness (QED) is 0.797. The number of ether oxygens (including phenoxy) is 2. The smallest absolute Gasteiger partial charge is 0.231 e. The minimum Gasteiger partial charge on any atom is -0.454 e. The Kier molecular flexibility index (Phi) is 2.76. The summed E-state index contributed by atoms with van der Waals surface area (Å²) in [7, 11) is 0. The van der Waals surface area contributed by atoms with Gasteiger partial charge in [-0.05, 0) is 24.6 Å². The molecule has 92 valence electrons. The van der Waals surface area contributed by atoms with Crippen molar-refractivity contribution in [3.05, 3.63) is 39.8 Å². The number of aryl methyl sites for hydroxylation is 1. The van der Waals surface area contributed by atoms with Crippen molar-refractivity contribution in [2.75, 3.05) is 6.79 Å². The van der Waals surface area contributed by atoms with Gasteiger partial charge in [0.2, 0.25) is 6.79 Å². The van der Waals surface area contributed by atoms with E-state index in [4.69, 9.17) is 9.47 Å². The minimum atomic E-state index is 0.0342. The van der Waals surface area contributed by atoms with Gasteiger partial charge in [0.15, 0.2) is 22.3 Å². The first-order valence-electron chi connectivity index (χ1n) is 5.56. The van der Waals surface area contributed by atoms with E-state index < -0.39 is 0 Å². The Balaban J connectivity index is 1.78. The van der Waals surface area contributed by atoms with Crippen LogP contribution in [0.3, 0.4) is 0 Å². The number of hydrogen-bond donors (Lipinski definition) is 0. The Hall–Kier alpha value is -1.88. The molecule has 0 atom stereocenters. The fourth-order valence-electron chi connectivity index (χ4n) is 1.79. The molecule has 1 aliphatic rings. The molecule has 18 heavy (non-hydrogen) atoms. The normalized spacial score (nSPS) is 12.7. The summed E-state index contributed by atoms with van der Waals surface area (Å²) in [5, 5.41) is 2.44. The average molecular weight is 261 g/mol. The van der Waals surface area contributed by atoms with E-state index in [1.165, 1.54) is 11.3 Å². The van der Waals surface area contributed by atoms with Gasteiger partial charge in [-0.15, -0.1) is 11.3 Å². The van der Waals surface area contributed by atoms with Crippen LogP contribution < -0.4 is 9.47 Å². The standard InChI is InChI=1S/C13H11NO3S/c1-8-6-18-13(14-8)10(15)4-9-2-3-11-12(5-9)17-7-16-11/h2-3,5-6H,4,7H2,1H3. The Labute approximate surface area is 108 Å². The third kappa shape index (κ3) is 2.09. The van der Waals surface area contributed by atoms with Gasteiger partial charge < -0.3 is 9.47 Å². The largest absolute Gasteiger partial charge is 0.454 e. The first-order chi connectivity index (χ1) is 8.72. The maximum absolute atomic E-state index is 12.0. The zero-order valence-electron chi connectivity index (χ0n) is 9.80. The molecule has 1 aliphatic heterocycles. The molecule has 2 heterocycles. The van der Waals surface area contributed by atoms with Crippen molar-refractivity contribution in [3.63, 3.8) is 0 Å². The van der Waals surface area contributed by atoms with Gasteiger partial charge in [-0.1, -0.05) is 6.07 Å². The molecule has 3 rings (SSSR count). The van der Waals surface area contributed by atoms with Crippen molar-refractivity contribution < 1.29 is 14.3 Å². The van der Waals surface area contributed by atoms with Crippen molar-refractivity contribution in [1.82, 2.24) is 4.98 Å².